The van der Waals surface area contributed by atoms with Gasteiger partial charge >= 0.3 is 0 Å². The summed E-state index contributed by atoms with van der Waals surface area (Å²) in [5.74, 6) is 0.831. The molecule has 1 unspecified atom stereocenters. The number of ether oxygens (including phenoxy) is 3. The highest BCUT2D eigenvalue weighted by atomic mass is 127. The zero-order valence-corrected chi connectivity index (χ0v) is 21.3. The Labute approximate surface area is 209 Å². The minimum atomic E-state index is 0. The average Bonchev–Trinajstić information content (AvgIpc) is 3.32. The molecule has 1 aliphatic heterocycles. The quantitative estimate of drug-likeness (QED) is 0.178. The number of nitrogens with one attached hydrogen (secondary N) is 2. The van der Waals surface area contributed by atoms with Gasteiger partial charge in [-0.2, -0.15) is 0 Å². The molecule has 1 fully saturated rings. The Morgan fingerprint density at radius 2 is 1.81 bits per heavy atom. The second kappa shape index (κ2) is 16.0. The average molecular weight is 553 g/mol. The minimum Gasteiger partial charge on any atom is -0.379 e. The van der Waals surface area contributed by atoms with Crippen molar-refractivity contribution < 1.29 is 14.2 Å². The summed E-state index contributed by atoms with van der Waals surface area (Å²) in [5, 5.41) is 6.69. The molecule has 2 N–H and O–H groups in total. The smallest absolute Gasteiger partial charge is 0.191 e. The maximum atomic E-state index is 5.86. The molecule has 1 saturated heterocycles. The normalized spacial score (nSPS) is 15.9. The fourth-order valence-electron chi connectivity index (χ4n) is 3.36. The first kappa shape index (κ1) is 26.6. The van der Waals surface area contributed by atoms with Crippen molar-refractivity contribution >= 4 is 29.9 Å². The van der Waals surface area contributed by atoms with Crippen molar-refractivity contribution in [2.75, 3.05) is 32.9 Å². The number of benzene rings is 2. The van der Waals surface area contributed by atoms with Gasteiger partial charge in [0.25, 0.3) is 0 Å². The summed E-state index contributed by atoms with van der Waals surface area (Å²) in [6, 6.07) is 18.7. The van der Waals surface area contributed by atoms with Crippen molar-refractivity contribution in [3.05, 3.63) is 71.3 Å². The van der Waals surface area contributed by atoms with Crippen LogP contribution in [0.4, 0.5) is 0 Å². The molecule has 32 heavy (non-hydrogen) atoms. The lowest BCUT2D eigenvalue weighted by atomic mass is 10.1. The van der Waals surface area contributed by atoms with Crippen LogP contribution in [0.1, 0.15) is 36.5 Å². The molecule has 7 heteroatoms. The molecule has 6 nitrogen and oxygen atoms in total. The van der Waals surface area contributed by atoms with E-state index in [1.165, 1.54) is 11.1 Å². The summed E-state index contributed by atoms with van der Waals surface area (Å²) in [7, 11) is 0. The molecule has 176 valence electrons. The van der Waals surface area contributed by atoms with Crippen LogP contribution in [0, 0.1) is 0 Å². The third-order valence-electron chi connectivity index (χ3n) is 4.99. The van der Waals surface area contributed by atoms with Gasteiger partial charge in [0, 0.05) is 26.3 Å². The third kappa shape index (κ3) is 10.3. The van der Waals surface area contributed by atoms with Crippen LogP contribution in [-0.4, -0.2) is 45.0 Å². The summed E-state index contributed by atoms with van der Waals surface area (Å²) < 4.78 is 17.0. The largest absolute Gasteiger partial charge is 0.379 e. The predicted octanol–water partition coefficient (Wildman–Crippen LogP) is 4.27. The molecule has 1 aliphatic rings. The van der Waals surface area contributed by atoms with Crippen LogP contribution in [0.2, 0.25) is 0 Å². The van der Waals surface area contributed by atoms with Crippen LogP contribution >= 0.6 is 24.0 Å². The van der Waals surface area contributed by atoms with Gasteiger partial charge in [-0.15, -0.1) is 24.0 Å². The molecule has 3 rings (SSSR count). The van der Waals surface area contributed by atoms with E-state index in [1.54, 1.807) is 0 Å². The number of guanidine groups is 1. The Kier molecular flexibility index (Phi) is 13.3. The highest BCUT2D eigenvalue weighted by Gasteiger charge is 2.15. The van der Waals surface area contributed by atoms with Gasteiger partial charge in [-0.05, 0) is 36.5 Å². The number of halogens is 1. The Hall–Kier alpha value is -1.68. The predicted molar refractivity (Wildman–Crippen MR) is 139 cm³/mol. The van der Waals surface area contributed by atoms with Crippen LogP contribution in [0.5, 0.6) is 0 Å². The van der Waals surface area contributed by atoms with Crippen LogP contribution in [0.25, 0.3) is 0 Å². The lowest BCUT2D eigenvalue weighted by molar-refractivity contribution is 0.0420. The number of aliphatic imine (C=N–C) groups is 1. The SMILES string of the molecule is CCNC(=NCc1cccc(COCc2ccccc2)c1)NCCCOC1CCOC1.I. The van der Waals surface area contributed by atoms with Crippen LogP contribution in [-0.2, 0) is 34.0 Å². The summed E-state index contributed by atoms with van der Waals surface area (Å²) in [6.07, 6.45) is 2.22. The Morgan fingerprint density at radius 3 is 2.59 bits per heavy atom. The molecule has 0 radical (unpaired) electrons. The first-order valence-corrected chi connectivity index (χ1v) is 11.2. The second-order valence-electron chi connectivity index (χ2n) is 7.63. The van der Waals surface area contributed by atoms with E-state index < -0.39 is 0 Å². The molecule has 0 saturated carbocycles. The summed E-state index contributed by atoms with van der Waals surface area (Å²) >= 11 is 0. The van der Waals surface area contributed by atoms with E-state index in [4.69, 9.17) is 19.2 Å². The van der Waals surface area contributed by atoms with Crippen molar-refractivity contribution in [3.63, 3.8) is 0 Å². The first-order valence-electron chi connectivity index (χ1n) is 11.2. The van der Waals surface area contributed by atoms with Crippen molar-refractivity contribution in [2.45, 2.75) is 45.6 Å². The molecule has 0 spiro atoms. The molecule has 2 aromatic rings. The zero-order valence-electron chi connectivity index (χ0n) is 18.9. The molecule has 0 amide bonds. The van der Waals surface area contributed by atoms with E-state index in [0.717, 1.165) is 57.3 Å². The Morgan fingerprint density at radius 1 is 1.03 bits per heavy atom. The zero-order chi connectivity index (χ0) is 21.6. The van der Waals surface area contributed by atoms with Gasteiger partial charge in [0.2, 0.25) is 0 Å². The molecular weight excluding hydrogens is 517 g/mol. The number of nitrogens with zero attached hydrogens (tertiary/aromatic N) is 1. The van der Waals surface area contributed by atoms with Crippen LogP contribution in [0.3, 0.4) is 0 Å². The highest BCUT2D eigenvalue weighted by molar-refractivity contribution is 14.0. The van der Waals surface area contributed by atoms with E-state index in [1.807, 2.05) is 18.2 Å². The standard InChI is InChI=1S/C25H35N3O3.HI/c1-2-26-25(27-13-7-14-31-24-12-15-29-20-24)28-17-22-10-6-11-23(16-22)19-30-18-21-8-4-3-5-9-21;/h3-6,8-11,16,24H,2,7,12-15,17-20H2,1H3,(H2,26,27,28);1H. The fourth-order valence-corrected chi connectivity index (χ4v) is 3.36. The van der Waals surface area contributed by atoms with Crippen molar-refractivity contribution in [1.29, 1.82) is 0 Å². The lowest BCUT2D eigenvalue weighted by Crippen LogP contribution is -2.38. The molecular formula is C25H36IN3O3. The van der Waals surface area contributed by atoms with Crippen LogP contribution < -0.4 is 10.6 Å². The van der Waals surface area contributed by atoms with Gasteiger partial charge in [-0.3, -0.25) is 0 Å². The summed E-state index contributed by atoms with van der Waals surface area (Å²) in [5.41, 5.74) is 3.52. The van der Waals surface area contributed by atoms with Gasteiger partial charge in [-0.25, -0.2) is 4.99 Å². The van der Waals surface area contributed by atoms with Crippen molar-refractivity contribution in [2.24, 2.45) is 4.99 Å². The maximum Gasteiger partial charge on any atom is 0.191 e. The van der Waals surface area contributed by atoms with Gasteiger partial charge < -0.3 is 24.8 Å². The van der Waals surface area contributed by atoms with E-state index in [0.29, 0.717) is 19.8 Å². The number of hydrogen-bond acceptors (Lipinski definition) is 4. The topological polar surface area (TPSA) is 64.1 Å². The van der Waals surface area contributed by atoms with E-state index in [2.05, 4.69) is 54.0 Å². The number of hydrogen-bond donors (Lipinski definition) is 2. The van der Waals surface area contributed by atoms with Crippen LogP contribution in [0.15, 0.2) is 59.6 Å². The summed E-state index contributed by atoms with van der Waals surface area (Å²) in [6.45, 7) is 7.86. The monoisotopic (exact) mass is 553 g/mol. The van der Waals surface area contributed by atoms with Gasteiger partial charge in [0.05, 0.1) is 32.5 Å². The Balaban J connectivity index is 0.00000363. The summed E-state index contributed by atoms with van der Waals surface area (Å²) in [4.78, 5) is 4.72. The molecule has 0 bridgehead atoms. The number of rotatable bonds is 12. The minimum absolute atomic E-state index is 0. The molecule has 2 aromatic carbocycles. The van der Waals surface area contributed by atoms with E-state index in [-0.39, 0.29) is 30.1 Å². The van der Waals surface area contributed by atoms with E-state index in [9.17, 15) is 0 Å². The second-order valence-corrected chi connectivity index (χ2v) is 7.63. The molecule has 1 heterocycles. The molecule has 0 aromatic heterocycles. The highest BCUT2D eigenvalue weighted by Crippen LogP contribution is 2.10. The van der Waals surface area contributed by atoms with Crippen molar-refractivity contribution in [1.82, 2.24) is 10.6 Å². The Bertz CT molecular complexity index is 783. The maximum absolute atomic E-state index is 5.86. The van der Waals surface area contributed by atoms with Gasteiger partial charge in [0.15, 0.2) is 5.96 Å². The van der Waals surface area contributed by atoms with Gasteiger partial charge in [0.1, 0.15) is 0 Å². The third-order valence-corrected chi connectivity index (χ3v) is 4.99. The fraction of sp³-hybridized carbons (Fsp3) is 0.480. The first-order chi connectivity index (χ1) is 15.3. The van der Waals surface area contributed by atoms with E-state index >= 15 is 0 Å². The van der Waals surface area contributed by atoms with Gasteiger partial charge in [-0.1, -0.05) is 54.6 Å². The van der Waals surface area contributed by atoms with Crippen molar-refractivity contribution in [3.8, 4) is 0 Å². The molecule has 1 atom stereocenters. The lowest BCUT2D eigenvalue weighted by Gasteiger charge is -2.13. The molecule has 0 aliphatic carbocycles.